The van der Waals surface area contributed by atoms with Gasteiger partial charge in [0.25, 0.3) is 0 Å². The summed E-state index contributed by atoms with van der Waals surface area (Å²) in [6.45, 7) is 3.73. The lowest BCUT2D eigenvalue weighted by molar-refractivity contribution is -0.873. The van der Waals surface area contributed by atoms with Crippen LogP contribution in [0.5, 0.6) is 0 Å². The van der Waals surface area contributed by atoms with Crippen molar-refractivity contribution in [2.45, 2.75) is 45.6 Å². The highest BCUT2D eigenvalue weighted by Crippen LogP contribution is 2.08. The molecule has 0 aliphatic carbocycles. The maximum atomic E-state index is 11.8. The smallest absolute Gasteiger partial charge is 0.306 e. The summed E-state index contributed by atoms with van der Waals surface area (Å²) in [6.07, 6.45) is -1.63. The molecule has 132 valence electrons. The summed E-state index contributed by atoms with van der Waals surface area (Å²) in [5.41, 5.74) is 0. The molecule has 0 rings (SSSR count). The zero-order valence-electron chi connectivity index (χ0n) is 14.6. The van der Waals surface area contributed by atoms with Crippen molar-refractivity contribution in [3.8, 4) is 0 Å². The van der Waals surface area contributed by atoms with Crippen molar-refractivity contribution in [3.05, 3.63) is 0 Å². The number of carboxylic acid groups (broad SMARTS) is 1. The van der Waals surface area contributed by atoms with Crippen LogP contribution in [0.4, 0.5) is 0 Å². The van der Waals surface area contributed by atoms with Crippen LogP contribution in [0.2, 0.25) is 0 Å². The number of hydrogen-bond acceptors (Lipinski definition) is 6. The molecule has 0 amide bonds. The van der Waals surface area contributed by atoms with E-state index < -0.39 is 18.0 Å². The zero-order valence-corrected chi connectivity index (χ0v) is 14.6. The Morgan fingerprint density at radius 3 is 2.04 bits per heavy atom. The molecule has 0 aliphatic heterocycles. The van der Waals surface area contributed by atoms with E-state index in [0.29, 0.717) is 11.0 Å². The van der Waals surface area contributed by atoms with Gasteiger partial charge in [-0.25, -0.2) is 0 Å². The average molecular weight is 329 g/mol. The quantitative estimate of drug-likeness (QED) is 0.293. The highest BCUT2D eigenvalue weighted by Gasteiger charge is 2.23. The Bertz CT molecular complexity index is 450. The lowest BCUT2D eigenvalue weighted by Gasteiger charge is -2.29. The lowest BCUT2D eigenvalue weighted by Crippen LogP contribution is -2.45. The number of Topliss-reactive ketones (excluding diaryl/α,β-unsaturated/α-hetero) is 2. The molecule has 1 atom stereocenters. The molecule has 0 unspecified atom stereocenters. The fraction of sp³-hybridized carbons (Fsp3) is 0.750. The molecule has 0 aromatic carbocycles. The molecule has 0 aromatic heterocycles. The van der Waals surface area contributed by atoms with E-state index in [0.717, 1.165) is 0 Å². The van der Waals surface area contributed by atoms with Crippen molar-refractivity contribution in [1.29, 1.82) is 0 Å². The first kappa shape index (κ1) is 21.2. The van der Waals surface area contributed by atoms with E-state index in [-0.39, 0.29) is 43.2 Å². The molecule has 0 N–H and O–H groups in total. The number of aliphatic carboxylic acids is 1. The molecule has 7 nitrogen and oxygen atoms in total. The number of ether oxygens (including phenoxy) is 1. The van der Waals surface area contributed by atoms with Gasteiger partial charge in [0.2, 0.25) is 0 Å². The second-order valence-corrected chi connectivity index (χ2v) is 7.00. The number of quaternary nitrogens is 1. The highest BCUT2D eigenvalue weighted by molar-refractivity contribution is 6.00. The number of rotatable bonds is 11. The first-order valence-electron chi connectivity index (χ1n) is 7.65. The van der Waals surface area contributed by atoms with Gasteiger partial charge < -0.3 is 19.1 Å². The van der Waals surface area contributed by atoms with E-state index >= 15 is 0 Å². The molecular formula is C16H27NO6. The molecule has 7 heteroatoms. The molecule has 0 spiro atoms. The number of nitrogens with zero attached hydrogens (tertiary/aromatic N) is 1. The van der Waals surface area contributed by atoms with Gasteiger partial charge in [0.1, 0.15) is 18.1 Å². The van der Waals surface area contributed by atoms with Crippen molar-refractivity contribution < 1.29 is 33.5 Å². The van der Waals surface area contributed by atoms with Gasteiger partial charge in [0.05, 0.1) is 34.0 Å². The Morgan fingerprint density at radius 2 is 1.61 bits per heavy atom. The molecular weight excluding hydrogens is 302 g/mol. The van der Waals surface area contributed by atoms with Crippen LogP contribution >= 0.6 is 0 Å². The van der Waals surface area contributed by atoms with Crippen LogP contribution in [0.15, 0.2) is 0 Å². The minimum atomic E-state index is -1.30. The topological polar surface area (TPSA) is 101 Å². The molecule has 23 heavy (non-hydrogen) atoms. The Hall–Kier alpha value is -1.76. The highest BCUT2D eigenvalue weighted by atomic mass is 16.5. The van der Waals surface area contributed by atoms with Crippen molar-refractivity contribution in [3.63, 3.8) is 0 Å². The van der Waals surface area contributed by atoms with Gasteiger partial charge >= 0.3 is 5.97 Å². The van der Waals surface area contributed by atoms with E-state index in [9.17, 15) is 24.3 Å². The van der Waals surface area contributed by atoms with Crippen LogP contribution in [0.1, 0.15) is 39.5 Å². The Labute approximate surface area is 137 Å². The number of carbonyl (C=O) groups is 4. The number of hydrogen-bond donors (Lipinski definition) is 0. The number of likely N-dealkylation sites (N-methyl/N-ethyl adjacent to an activating group) is 1. The maximum Gasteiger partial charge on any atom is 0.306 e. The predicted octanol–water partition coefficient (Wildman–Crippen LogP) is -0.291. The predicted molar refractivity (Wildman–Crippen MR) is 81.1 cm³/mol. The Balaban J connectivity index is 4.39. The number of carboxylic acids is 1. The number of ketones is 2. The fourth-order valence-electron chi connectivity index (χ4n) is 1.91. The van der Waals surface area contributed by atoms with Gasteiger partial charge in [-0.05, 0) is 0 Å². The fourth-order valence-corrected chi connectivity index (χ4v) is 1.91. The van der Waals surface area contributed by atoms with Gasteiger partial charge in [-0.3, -0.25) is 14.4 Å². The molecule has 0 aromatic rings. The largest absolute Gasteiger partial charge is 0.550 e. The first-order valence-corrected chi connectivity index (χ1v) is 7.65. The van der Waals surface area contributed by atoms with Crippen LogP contribution in [-0.2, 0) is 23.9 Å². The van der Waals surface area contributed by atoms with Crippen LogP contribution in [0, 0.1) is 5.92 Å². The summed E-state index contributed by atoms with van der Waals surface area (Å²) in [6, 6.07) is 0. The van der Waals surface area contributed by atoms with Crippen LogP contribution in [-0.4, -0.2) is 61.8 Å². The second-order valence-electron chi connectivity index (χ2n) is 7.00. The summed E-state index contributed by atoms with van der Waals surface area (Å²) >= 11 is 0. The van der Waals surface area contributed by atoms with Crippen molar-refractivity contribution in [2.75, 3.05) is 27.7 Å². The molecule has 0 bridgehead atoms. The first-order chi connectivity index (χ1) is 10.4. The normalized spacial score (nSPS) is 12.8. The van der Waals surface area contributed by atoms with E-state index in [2.05, 4.69) is 0 Å². The summed E-state index contributed by atoms with van der Waals surface area (Å²) in [5, 5.41) is 10.7. The summed E-state index contributed by atoms with van der Waals surface area (Å²) < 4.78 is 5.55. The standard InChI is InChI=1S/C16H27NO6/c1-11(2)14(19)8-12(18)6-7-16(22)23-13(9-15(20)21)10-17(3,4)5/h11,13H,6-10H2,1-5H3/t13-/m1/s1. The molecule has 0 saturated carbocycles. The Kier molecular flexibility index (Phi) is 8.68. The molecule has 0 radical (unpaired) electrons. The minimum absolute atomic E-state index is 0.0836. The zero-order chi connectivity index (χ0) is 18.2. The van der Waals surface area contributed by atoms with Crippen LogP contribution < -0.4 is 5.11 Å². The van der Waals surface area contributed by atoms with Crippen molar-refractivity contribution in [2.24, 2.45) is 5.92 Å². The van der Waals surface area contributed by atoms with Crippen molar-refractivity contribution >= 4 is 23.5 Å². The molecule has 0 saturated heterocycles. The number of carbonyl (C=O) groups excluding carboxylic acids is 4. The lowest BCUT2D eigenvalue weighted by atomic mass is 10.0. The van der Waals surface area contributed by atoms with E-state index in [4.69, 9.17) is 4.74 Å². The van der Waals surface area contributed by atoms with E-state index in [1.54, 1.807) is 13.8 Å². The third-order valence-electron chi connectivity index (χ3n) is 3.07. The van der Waals surface area contributed by atoms with Gasteiger partial charge in [-0.15, -0.1) is 0 Å². The van der Waals surface area contributed by atoms with Gasteiger partial charge in [-0.1, -0.05) is 13.8 Å². The van der Waals surface area contributed by atoms with Gasteiger partial charge in [-0.2, -0.15) is 0 Å². The third kappa shape index (κ3) is 11.5. The summed E-state index contributed by atoms with van der Waals surface area (Å²) in [4.78, 5) is 45.6. The number of esters is 1. The molecule has 0 fully saturated rings. The summed E-state index contributed by atoms with van der Waals surface area (Å²) in [7, 11) is 5.53. The van der Waals surface area contributed by atoms with Gasteiger partial charge in [0.15, 0.2) is 6.10 Å². The molecule has 0 heterocycles. The summed E-state index contributed by atoms with van der Waals surface area (Å²) in [5.74, 6) is -2.64. The van der Waals surface area contributed by atoms with E-state index in [1.165, 1.54) is 0 Å². The van der Waals surface area contributed by atoms with Crippen LogP contribution in [0.25, 0.3) is 0 Å². The molecule has 0 aliphatic rings. The minimum Gasteiger partial charge on any atom is -0.550 e. The monoisotopic (exact) mass is 329 g/mol. The SMILES string of the molecule is CC(C)C(=O)CC(=O)CCC(=O)O[C@H](CC(=O)[O-])C[N+](C)(C)C. The third-order valence-corrected chi connectivity index (χ3v) is 3.07. The van der Waals surface area contributed by atoms with E-state index in [1.807, 2.05) is 21.1 Å². The average Bonchev–Trinajstić information content (AvgIpc) is 2.33. The second kappa shape index (κ2) is 9.39. The van der Waals surface area contributed by atoms with Gasteiger partial charge in [0, 0.05) is 24.7 Å². The Morgan fingerprint density at radius 1 is 1.04 bits per heavy atom. The van der Waals surface area contributed by atoms with Crippen LogP contribution in [0.3, 0.4) is 0 Å². The maximum absolute atomic E-state index is 11.8. The van der Waals surface area contributed by atoms with Crippen molar-refractivity contribution in [1.82, 2.24) is 0 Å².